The highest BCUT2D eigenvalue weighted by atomic mass is 35.5. The minimum Gasteiger partial charge on any atom is -0.454 e. The minimum atomic E-state index is 0.106. The molecule has 3 aromatic heterocycles. The fourth-order valence-electron chi connectivity index (χ4n) is 5.06. The van der Waals surface area contributed by atoms with Crippen LogP contribution in [-0.2, 0) is 17.8 Å². The van der Waals surface area contributed by atoms with E-state index in [1.54, 1.807) is 11.3 Å². The average molecular weight is 525 g/mol. The molecule has 0 atom stereocenters. The van der Waals surface area contributed by atoms with Crippen LogP contribution in [0, 0.1) is 5.92 Å². The summed E-state index contributed by atoms with van der Waals surface area (Å²) in [5, 5.41) is 4.29. The van der Waals surface area contributed by atoms with Gasteiger partial charge in [0.05, 0.1) is 0 Å². The third kappa shape index (κ3) is 4.35. The first-order valence-corrected chi connectivity index (χ1v) is 13.2. The van der Waals surface area contributed by atoms with Crippen LogP contribution in [0.2, 0.25) is 5.28 Å². The number of benzene rings is 1. The molecule has 1 fully saturated rings. The number of hydrogen-bond donors (Lipinski definition) is 1. The van der Waals surface area contributed by atoms with Crippen molar-refractivity contribution in [3.05, 3.63) is 45.6 Å². The summed E-state index contributed by atoms with van der Waals surface area (Å²) >= 11 is 7.84. The molecular formula is C25H25ClN6O3S. The normalized spacial score (nSPS) is 15.6. The summed E-state index contributed by atoms with van der Waals surface area (Å²) in [5.74, 6) is 3.11. The fraction of sp³-hybridized carbons (Fsp3) is 0.360. The number of hydrogen-bond acceptors (Lipinski definition) is 8. The lowest BCUT2D eigenvalue weighted by Crippen LogP contribution is -2.32. The summed E-state index contributed by atoms with van der Waals surface area (Å²) in [7, 11) is 0. The van der Waals surface area contributed by atoms with Gasteiger partial charge < -0.3 is 24.7 Å². The summed E-state index contributed by atoms with van der Waals surface area (Å²) < 4.78 is 13.5. The van der Waals surface area contributed by atoms with E-state index in [-0.39, 0.29) is 17.9 Å². The van der Waals surface area contributed by atoms with Crippen LogP contribution in [0.15, 0.2) is 29.0 Å². The predicted octanol–water partition coefficient (Wildman–Crippen LogP) is 4.37. The van der Waals surface area contributed by atoms with E-state index < -0.39 is 0 Å². The molecule has 11 heteroatoms. The van der Waals surface area contributed by atoms with Crippen molar-refractivity contribution >= 4 is 46.3 Å². The highest BCUT2D eigenvalue weighted by Crippen LogP contribution is 2.40. The van der Waals surface area contributed by atoms with Gasteiger partial charge in [0, 0.05) is 26.1 Å². The molecule has 0 spiro atoms. The Balaban J connectivity index is 1.37. The SMILES string of the molecule is Nc1nc(Cl)nc2c1nc(Cc1cc3c(cc1-c1ccsc1)OCO3)n2CCC1CCN(C=O)CC1. The third-order valence-electron chi connectivity index (χ3n) is 7.01. The van der Waals surface area contributed by atoms with E-state index in [0.717, 1.165) is 79.3 Å². The molecule has 186 valence electrons. The van der Waals surface area contributed by atoms with Gasteiger partial charge >= 0.3 is 0 Å². The van der Waals surface area contributed by atoms with Crippen LogP contribution in [0.1, 0.15) is 30.7 Å². The van der Waals surface area contributed by atoms with E-state index in [2.05, 4.69) is 31.4 Å². The maximum absolute atomic E-state index is 11.1. The second-order valence-electron chi connectivity index (χ2n) is 9.15. The smallest absolute Gasteiger partial charge is 0.231 e. The van der Waals surface area contributed by atoms with Gasteiger partial charge in [-0.05, 0) is 82.4 Å². The number of anilines is 1. The first kappa shape index (κ1) is 23.1. The number of nitrogens with two attached hydrogens (primary N) is 1. The van der Waals surface area contributed by atoms with Crippen LogP contribution in [0.4, 0.5) is 5.82 Å². The number of ether oxygens (including phenoxy) is 2. The summed E-state index contributed by atoms with van der Waals surface area (Å²) in [4.78, 5) is 26.4. The van der Waals surface area contributed by atoms with E-state index in [1.807, 2.05) is 17.0 Å². The number of nitrogens with zero attached hydrogens (tertiary/aromatic N) is 5. The highest BCUT2D eigenvalue weighted by Gasteiger charge is 2.24. The van der Waals surface area contributed by atoms with Gasteiger partial charge in [-0.25, -0.2) is 4.98 Å². The lowest BCUT2D eigenvalue weighted by molar-refractivity contribution is -0.119. The van der Waals surface area contributed by atoms with Crippen molar-refractivity contribution in [2.75, 3.05) is 25.6 Å². The van der Waals surface area contributed by atoms with Crippen molar-refractivity contribution in [1.82, 2.24) is 24.4 Å². The van der Waals surface area contributed by atoms with Gasteiger partial charge in [0.2, 0.25) is 18.5 Å². The molecule has 0 bridgehead atoms. The van der Waals surface area contributed by atoms with Gasteiger partial charge in [0.1, 0.15) is 5.82 Å². The largest absolute Gasteiger partial charge is 0.454 e. The van der Waals surface area contributed by atoms with Crippen molar-refractivity contribution < 1.29 is 14.3 Å². The molecule has 1 amide bonds. The van der Waals surface area contributed by atoms with Crippen LogP contribution in [0.25, 0.3) is 22.3 Å². The number of amides is 1. The molecule has 1 saturated heterocycles. The van der Waals surface area contributed by atoms with Crippen LogP contribution >= 0.6 is 22.9 Å². The number of nitrogen functional groups attached to an aromatic ring is 1. The molecule has 6 rings (SSSR count). The Morgan fingerprint density at radius 1 is 1.17 bits per heavy atom. The molecule has 0 radical (unpaired) electrons. The molecule has 5 heterocycles. The van der Waals surface area contributed by atoms with Gasteiger partial charge in [-0.2, -0.15) is 21.3 Å². The number of thiophene rings is 1. The predicted molar refractivity (Wildman–Crippen MR) is 138 cm³/mol. The number of piperidine rings is 1. The van der Waals surface area contributed by atoms with E-state index in [1.165, 1.54) is 0 Å². The summed E-state index contributed by atoms with van der Waals surface area (Å²) in [6.07, 6.45) is 4.42. The lowest BCUT2D eigenvalue weighted by Gasteiger charge is -2.29. The third-order valence-corrected chi connectivity index (χ3v) is 7.86. The zero-order valence-corrected chi connectivity index (χ0v) is 21.1. The summed E-state index contributed by atoms with van der Waals surface area (Å²) in [6, 6.07) is 6.18. The summed E-state index contributed by atoms with van der Waals surface area (Å²) in [5.41, 5.74) is 10.7. The molecule has 4 aromatic rings. The number of fused-ring (bicyclic) bond motifs is 2. The molecule has 2 aliphatic heterocycles. The Labute approximate surface area is 216 Å². The molecule has 9 nitrogen and oxygen atoms in total. The summed E-state index contributed by atoms with van der Waals surface area (Å²) in [6.45, 7) is 2.54. The van der Waals surface area contributed by atoms with Crippen LogP contribution < -0.4 is 15.2 Å². The number of halogens is 1. The first-order valence-electron chi connectivity index (χ1n) is 11.9. The molecule has 0 unspecified atom stereocenters. The number of imidazole rings is 1. The standard InChI is InChI=1S/C25H25ClN6O3S/c26-25-29-23(27)22-24(30-25)32(7-3-15-1-5-31(13-33)6-2-15)21(28-22)10-17-9-19-20(35-14-34-19)11-18(17)16-4-8-36-12-16/h4,8-9,11-13,15H,1-3,5-7,10,14H2,(H2,27,29,30). The maximum atomic E-state index is 11.1. The highest BCUT2D eigenvalue weighted by molar-refractivity contribution is 7.08. The molecule has 0 saturated carbocycles. The fourth-order valence-corrected chi connectivity index (χ4v) is 5.88. The van der Waals surface area contributed by atoms with Gasteiger partial charge in [-0.1, -0.05) is 0 Å². The number of aryl methyl sites for hydroxylation is 1. The van der Waals surface area contributed by atoms with E-state index in [9.17, 15) is 4.79 Å². The molecule has 0 aliphatic carbocycles. The topological polar surface area (TPSA) is 108 Å². The van der Waals surface area contributed by atoms with Gasteiger partial charge in [0.25, 0.3) is 0 Å². The molecule has 2 N–H and O–H groups in total. The average Bonchev–Trinajstić information content (AvgIpc) is 3.63. The van der Waals surface area contributed by atoms with E-state index in [0.29, 0.717) is 23.5 Å². The number of carbonyl (C=O) groups is 1. The second kappa shape index (κ2) is 9.59. The van der Waals surface area contributed by atoms with Crippen molar-refractivity contribution in [2.45, 2.75) is 32.2 Å². The maximum Gasteiger partial charge on any atom is 0.231 e. The van der Waals surface area contributed by atoms with Crippen LogP contribution in [-0.4, -0.2) is 50.7 Å². The van der Waals surface area contributed by atoms with Crippen molar-refractivity contribution in [1.29, 1.82) is 0 Å². The van der Waals surface area contributed by atoms with E-state index >= 15 is 0 Å². The Kier molecular flexibility index (Phi) is 6.14. The van der Waals surface area contributed by atoms with Crippen LogP contribution in [0.5, 0.6) is 11.5 Å². The first-order chi connectivity index (χ1) is 17.6. The van der Waals surface area contributed by atoms with Gasteiger partial charge in [-0.15, -0.1) is 0 Å². The quantitative estimate of drug-likeness (QED) is 0.282. The Morgan fingerprint density at radius 3 is 2.72 bits per heavy atom. The number of aromatic nitrogens is 4. The Hall–Kier alpha value is -3.37. The van der Waals surface area contributed by atoms with Crippen molar-refractivity contribution in [3.63, 3.8) is 0 Å². The Morgan fingerprint density at radius 2 is 1.97 bits per heavy atom. The second-order valence-corrected chi connectivity index (χ2v) is 10.3. The molecular weight excluding hydrogens is 500 g/mol. The number of rotatable bonds is 7. The minimum absolute atomic E-state index is 0.106. The Bertz CT molecular complexity index is 1420. The van der Waals surface area contributed by atoms with Gasteiger partial charge in [-0.3, -0.25) is 4.79 Å². The van der Waals surface area contributed by atoms with Crippen LogP contribution in [0.3, 0.4) is 0 Å². The van der Waals surface area contributed by atoms with Gasteiger partial charge in [0.15, 0.2) is 28.5 Å². The number of likely N-dealkylation sites (tertiary alicyclic amines) is 1. The lowest BCUT2D eigenvalue weighted by atomic mass is 9.94. The zero-order valence-electron chi connectivity index (χ0n) is 19.5. The van der Waals surface area contributed by atoms with E-state index in [4.69, 9.17) is 31.8 Å². The molecule has 36 heavy (non-hydrogen) atoms. The monoisotopic (exact) mass is 524 g/mol. The zero-order chi connectivity index (χ0) is 24.6. The van der Waals surface area contributed by atoms with Crippen molar-refractivity contribution in [3.8, 4) is 22.6 Å². The number of carbonyl (C=O) groups excluding carboxylic acids is 1. The molecule has 2 aliphatic rings. The molecule has 1 aromatic carbocycles. The van der Waals surface area contributed by atoms with Crippen molar-refractivity contribution in [2.24, 2.45) is 5.92 Å².